The molecule has 18 heavy (non-hydrogen) atoms. The number of anilines is 1. The Hall–Kier alpha value is -0.780. The Morgan fingerprint density at radius 1 is 1.67 bits per heavy atom. The van der Waals surface area contributed by atoms with Gasteiger partial charge in [-0.1, -0.05) is 13.0 Å². The van der Waals surface area contributed by atoms with Crippen LogP contribution in [0.15, 0.2) is 18.3 Å². The Morgan fingerprint density at radius 3 is 3.17 bits per heavy atom. The van der Waals surface area contributed by atoms with Gasteiger partial charge < -0.3 is 11.1 Å². The van der Waals surface area contributed by atoms with Gasteiger partial charge in [0.25, 0.3) is 0 Å². The number of aromatic nitrogens is 1. The van der Waals surface area contributed by atoms with Gasteiger partial charge in [0.15, 0.2) is 0 Å². The molecule has 2 heterocycles. The smallest absolute Gasteiger partial charge is 0.128 e. The third-order valence-corrected chi connectivity index (χ3v) is 4.51. The lowest BCUT2D eigenvalue weighted by molar-refractivity contribution is 0.217. The normalized spacial score (nSPS) is 22.9. The molecular weight excluding hydrogens is 244 g/mol. The Labute approximate surface area is 113 Å². The molecule has 1 aliphatic heterocycles. The molecule has 1 aliphatic rings. The topological polar surface area (TPSA) is 54.2 Å². The Kier molecular flexibility index (Phi) is 4.86. The van der Waals surface area contributed by atoms with Gasteiger partial charge in [-0.05, 0) is 19.7 Å². The van der Waals surface area contributed by atoms with Crippen LogP contribution < -0.4 is 11.1 Å². The van der Waals surface area contributed by atoms with Crippen LogP contribution in [0.4, 0.5) is 5.82 Å². The lowest BCUT2D eigenvalue weighted by Gasteiger charge is -2.38. The van der Waals surface area contributed by atoms with Crippen molar-refractivity contribution >= 4 is 17.6 Å². The van der Waals surface area contributed by atoms with Crippen LogP contribution in [-0.2, 0) is 0 Å². The number of nitrogen functional groups attached to an aromatic ring is 1. The Morgan fingerprint density at radius 2 is 2.50 bits per heavy atom. The van der Waals surface area contributed by atoms with Crippen LogP contribution in [0.25, 0.3) is 0 Å². The zero-order valence-corrected chi connectivity index (χ0v) is 11.9. The van der Waals surface area contributed by atoms with Crippen LogP contribution in [0.2, 0.25) is 0 Å². The van der Waals surface area contributed by atoms with Crippen LogP contribution in [-0.4, -0.2) is 47.6 Å². The van der Waals surface area contributed by atoms with Gasteiger partial charge in [0.2, 0.25) is 0 Å². The van der Waals surface area contributed by atoms with Crippen molar-refractivity contribution in [1.29, 1.82) is 0 Å². The van der Waals surface area contributed by atoms with E-state index in [9.17, 15) is 0 Å². The summed E-state index contributed by atoms with van der Waals surface area (Å²) in [6, 6.07) is 4.80. The zero-order valence-electron chi connectivity index (χ0n) is 11.1. The second-order valence-electron chi connectivity index (χ2n) is 4.64. The first kappa shape index (κ1) is 13.6. The molecule has 0 saturated carbocycles. The number of nitrogens with one attached hydrogen (secondary N) is 1. The summed E-state index contributed by atoms with van der Waals surface area (Å²) < 4.78 is 0. The Bertz CT molecular complexity index is 385. The summed E-state index contributed by atoms with van der Waals surface area (Å²) in [5, 5.41) is 3.56. The van der Waals surface area contributed by atoms with Gasteiger partial charge in [-0.2, -0.15) is 11.8 Å². The number of likely N-dealkylation sites (N-methyl/N-ethyl adjacent to an activating group) is 2. The molecule has 2 unspecified atom stereocenters. The molecule has 1 aromatic heterocycles. The van der Waals surface area contributed by atoms with Gasteiger partial charge in [0.1, 0.15) is 5.82 Å². The highest BCUT2D eigenvalue weighted by molar-refractivity contribution is 7.99. The average Bonchev–Trinajstić information content (AvgIpc) is 2.38. The van der Waals surface area contributed by atoms with E-state index in [2.05, 4.69) is 35.2 Å². The van der Waals surface area contributed by atoms with E-state index in [1.165, 1.54) is 5.75 Å². The van der Waals surface area contributed by atoms with Crippen molar-refractivity contribution in [3.63, 3.8) is 0 Å². The zero-order chi connectivity index (χ0) is 13.0. The molecule has 2 rings (SSSR count). The van der Waals surface area contributed by atoms with Crippen molar-refractivity contribution < 1.29 is 0 Å². The maximum Gasteiger partial charge on any atom is 0.128 e. The van der Waals surface area contributed by atoms with E-state index in [1.54, 1.807) is 6.20 Å². The molecule has 1 fully saturated rings. The molecular formula is C13H22N4S. The minimum absolute atomic E-state index is 0.265. The van der Waals surface area contributed by atoms with Gasteiger partial charge in [0, 0.05) is 35.9 Å². The fourth-order valence-electron chi connectivity index (χ4n) is 2.42. The van der Waals surface area contributed by atoms with Gasteiger partial charge in [-0.15, -0.1) is 0 Å². The predicted molar refractivity (Wildman–Crippen MR) is 78.8 cm³/mol. The number of nitrogens with two attached hydrogens (primary N) is 1. The van der Waals surface area contributed by atoms with E-state index in [4.69, 9.17) is 5.73 Å². The van der Waals surface area contributed by atoms with Crippen LogP contribution in [0, 0.1) is 0 Å². The second kappa shape index (κ2) is 6.41. The summed E-state index contributed by atoms with van der Waals surface area (Å²) >= 11 is 2.02. The van der Waals surface area contributed by atoms with Crippen molar-refractivity contribution in [3.8, 4) is 0 Å². The molecule has 4 nitrogen and oxygen atoms in total. The van der Waals surface area contributed by atoms with E-state index >= 15 is 0 Å². The molecule has 0 bridgehead atoms. The highest BCUT2D eigenvalue weighted by Crippen LogP contribution is 2.28. The number of rotatable bonds is 4. The maximum absolute atomic E-state index is 6.03. The lowest BCUT2D eigenvalue weighted by Crippen LogP contribution is -2.48. The molecule has 1 aromatic rings. The quantitative estimate of drug-likeness (QED) is 0.862. The second-order valence-corrected chi connectivity index (χ2v) is 5.79. The first-order valence-electron chi connectivity index (χ1n) is 6.45. The Balaban J connectivity index is 2.24. The third kappa shape index (κ3) is 2.96. The predicted octanol–water partition coefficient (Wildman–Crippen LogP) is 1.36. The molecule has 3 N–H and O–H groups in total. The number of nitrogens with zero attached hydrogens (tertiary/aromatic N) is 2. The van der Waals surface area contributed by atoms with Crippen molar-refractivity contribution in [2.24, 2.45) is 0 Å². The molecule has 0 radical (unpaired) electrons. The summed E-state index contributed by atoms with van der Waals surface area (Å²) in [5.74, 6) is 3.00. The van der Waals surface area contributed by atoms with E-state index in [0.29, 0.717) is 11.9 Å². The van der Waals surface area contributed by atoms with Crippen LogP contribution in [0.1, 0.15) is 18.5 Å². The van der Waals surface area contributed by atoms with Gasteiger partial charge in [0.05, 0.1) is 6.04 Å². The minimum Gasteiger partial charge on any atom is -0.383 e. The van der Waals surface area contributed by atoms with Crippen LogP contribution in [0.3, 0.4) is 0 Å². The monoisotopic (exact) mass is 266 g/mol. The SMILES string of the molecule is CCNC(c1cccnc1N)C1CSCCN1C. The van der Waals surface area contributed by atoms with E-state index in [0.717, 1.165) is 24.4 Å². The highest BCUT2D eigenvalue weighted by Gasteiger charge is 2.29. The fraction of sp³-hybridized carbons (Fsp3) is 0.615. The van der Waals surface area contributed by atoms with Gasteiger partial charge in [-0.25, -0.2) is 4.98 Å². The van der Waals surface area contributed by atoms with E-state index in [-0.39, 0.29) is 6.04 Å². The van der Waals surface area contributed by atoms with Crippen molar-refractivity contribution in [3.05, 3.63) is 23.9 Å². The van der Waals surface area contributed by atoms with Crippen molar-refractivity contribution in [2.45, 2.75) is 19.0 Å². The maximum atomic E-state index is 6.03. The molecule has 0 amide bonds. The van der Waals surface area contributed by atoms with E-state index < -0.39 is 0 Å². The molecule has 2 atom stereocenters. The standard InChI is InChI=1S/C13H22N4S/c1-3-15-12(10-5-4-6-16-13(10)14)11-9-18-8-7-17(11)2/h4-6,11-12,15H,3,7-9H2,1-2H3,(H2,14,16). The summed E-state index contributed by atoms with van der Waals surface area (Å²) in [6.45, 7) is 4.21. The first-order chi connectivity index (χ1) is 8.74. The summed E-state index contributed by atoms with van der Waals surface area (Å²) in [5.41, 5.74) is 7.15. The number of thioether (sulfide) groups is 1. The molecule has 0 spiro atoms. The molecule has 0 aliphatic carbocycles. The van der Waals surface area contributed by atoms with Crippen molar-refractivity contribution in [1.82, 2.24) is 15.2 Å². The van der Waals surface area contributed by atoms with Gasteiger partial charge in [-0.3, -0.25) is 4.90 Å². The highest BCUT2D eigenvalue weighted by atomic mass is 32.2. The molecule has 5 heteroatoms. The number of hydrogen-bond acceptors (Lipinski definition) is 5. The molecule has 100 valence electrons. The lowest BCUT2D eigenvalue weighted by atomic mass is 9.99. The van der Waals surface area contributed by atoms with Crippen LogP contribution >= 0.6 is 11.8 Å². The van der Waals surface area contributed by atoms with Gasteiger partial charge >= 0.3 is 0 Å². The first-order valence-corrected chi connectivity index (χ1v) is 7.61. The molecule has 0 aromatic carbocycles. The summed E-state index contributed by atoms with van der Waals surface area (Å²) in [7, 11) is 2.20. The average molecular weight is 266 g/mol. The minimum atomic E-state index is 0.265. The number of pyridine rings is 1. The summed E-state index contributed by atoms with van der Waals surface area (Å²) in [6.07, 6.45) is 1.75. The van der Waals surface area contributed by atoms with Crippen molar-refractivity contribution in [2.75, 3.05) is 37.4 Å². The third-order valence-electron chi connectivity index (χ3n) is 3.46. The van der Waals surface area contributed by atoms with E-state index in [1.807, 2.05) is 17.8 Å². The van der Waals surface area contributed by atoms with Crippen LogP contribution in [0.5, 0.6) is 0 Å². The summed E-state index contributed by atoms with van der Waals surface area (Å²) in [4.78, 5) is 6.64. The number of hydrogen-bond donors (Lipinski definition) is 2. The molecule has 1 saturated heterocycles. The largest absolute Gasteiger partial charge is 0.383 e. The fourth-order valence-corrected chi connectivity index (χ4v) is 3.69.